The maximum Gasteiger partial charge on any atom is 0.348 e. The lowest BCUT2D eigenvalue weighted by atomic mass is 9.73. The third-order valence-electron chi connectivity index (χ3n) is 5.56. The van der Waals surface area contributed by atoms with Crippen molar-refractivity contribution in [3.05, 3.63) is 63.8 Å². The average molecular weight is 399 g/mol. The van der Waals surface area contributed by atoms with E-state index in [0.717, 1.165) is 5.56 Å². The van der Waals surface area contributed by atoms with Crippen LogP contribution < -0.4 is 5.69 Å². The zero-order valence-electron chi connectivity index (χ0n) is 16.5. The molecule has 1 aliphatic heterocycles. The number of carbonyl (C=O) groups is 2. The molecule has 0 unspecified atom stereocenters. The van der Waals surface area contributed by atoms with Crippen LogP contribution in [0.15, 0.2) is 41.2 Å². The quantitative estimate of drug-likeness (QED) is 0.768. The van der Waals surface area contributed by atoms with Crippen molar-refractivity contribution in [3.63, 3.8) is 0 Å². The van der Waals surface area contributed by atoms with Crippen LogP contribution in [0.1, 0.15) is 23.4 Å². The number of aliphatic hydroxyl groups is 1. The molecule has 1 aromatic heterocycles. The number of likely N-dealkylation sites (tertiary alicyclic amines) is 1. The van der Waals surface area contributed by atoms with Crippen molar-refractivity contribution in [1.82, 2.24) is 14.5 Å². The second-order valence-corrected chi connectivity index (χ2v) is 7.65. The number of hydrogen-bond donors (Lipinski definition) is 2. The van der Waals surface area contributed by atoms with Gasteiger partial charge >= 0.3 is 11.7 Å². The van der Waals surface area contributed by atoms with Crippen LogP contribution in [0.2, 0.25) is 0 Å². The molecular formula is C21H25N3O5. The molecule has 0 radical (unpaired) electrons. The number of carbonyl (C=O) groups excluding carboxylic acids is 1. The van der Waals surface area contributed by atoms with E-state index in [0.29, 0.717) is 11.4 Å². The lowest BCUT2D eigenvalue weighted by Gasteiger charge is -2.43. The van der Waals surface area contributed by atoms with Crippen molar-refractivity contribution in [2.24, 2.45) is 5.41 Å². The first-order valence-corrected chi connectivity index (χ1v) is 9.51. The van der Waals surface area contributed by atoms with E-state index in [2.05, 4.69) is 4.98 Å². The van der Waals surface area contributed by atoms with Crippen LogP contribution in [-0.4, -0.2) is 55.7 Å². The van der Waals surface area contributed by atoms with Gasteiger partial charge in [0.2, 0.25) is 5.91 Å². The second kappa shape index (κ2) is 8.16. The fourth-order valence-electron chi connectivity index (χ4n) is 3.91. The summed E-state index contributed by atoms with van der Waals surface area (Å²) < 4.78 is 1.28. The maximum absolute atomic E-state index is 12.9. The minimum atomic E-state index is -1.50. The lowest BCUT2D eigenvalue weighted by Crippen LogP contribution is -2.59. The first-order valence-electron chi connectivity index (χ1n) is 9.51. The van der Waals surface area contributed by atoms with Crippen LogP contribution >= 0.6 is 0 Å². The smallest absolute Gasteiger partial charge is 0.348 e. The molecule has 8 heteroatoms. The highest BCUT2D eigenvalue weighted by Gasteiger charge is 2.50. The van der Waals surface area contributed by atoms with E-state index < -0.39 is 23.2 Å². The third kappa shape index (κ3) is 4.22. The Labute approximate surface area is 168 Å². The first-order chi connectivity index (χ1) is 13.7. The summed E-state index contributed by atoms with van der Waals surface area (Å²) in [4.78, 5) is 42.5. The Balaban J connectivity index is 1.85. The molecule has 2 heterocycles. The van der Waals surface area contributed by atoms with Gasteiger partial charge in [-0.3, -0.25) is 14.2 Å². The molecule has 3 rings (SSSR count). The number of amides is 1. The summed E-state index contributed by atoms with van der Waals surface area (Å²) in [6.07, 6.45) is -0.806. The Morgan fingerprint density at radius 3 is 2.55 bits per heavy atom. The lowest BCUT2D eigenvalue weighted by molar-refractivity contribution is -0.166. The average Bonchev–Trinajstić information content (AvgIpc) is 2.67. The maximum atomic E-state index is 12.9. The van der Waals surface area contributed by atoms with Gasteiger partial charge in [-0.15, -0.1) is 0 Å². The summed E-state index contributed by atoms with van der Waals surface area (Å²) >= 11 is 0. The highest BCUT2D eigenvalue weighted by atomic mass is 16.4. The Morgan fingerprint density at radius 2 is 1.93 bits per heavy atom. The second-order valence-electron chi connectivity index (χ2n) is 7.65. The standard InChI is InChI=1S/C21H25N3O5/c1-14-10-15(2)24(20(29)22-14)12-18(26)23-9-8-17(25)21(13-23,19(27)28)11-16-6-4-3-5-7-16/h3-7,10,17,25H,8-9,11-13H2,1-2H3,(H,27,28)/t17-,21-/m1/s1. The van der Waals surface area contributed by atoms with Crippen molar-refractivity contribution >= 4 is 11.9 Å². The predicted molar refractivity (Wildman–Crippen MR) is 105 cm³/mol. The minimum absolute atomic E-state index is 0.110. The fourth-order valence-corrected chi connectivity index (χ4v) is 3.91. The number of piperidine rings is 1. The zero-order valence-corrected chi connectivity index (χ0v) is 16.5. The summed E-state index contributed by atoms with van der Waals surface area (Å²) in [5, 5.41) is 20.5. The van der Waals surface area contributed by atoms with Gasteiger partial charge in [0.25, 0.3) is 0 Å². The van der Waals surface area contributed by atoms with Crippen LogP contribution in [0.4, 0.5) is 0 Å². The Hall–Kier alpha value is -3.00. The molecule has 2 N–H and O–H groups in total. The molecule has 154 valence electrons. The summed E-state index contributed by atoms with van der Waals surface area (Å²) in [7, 11) is 0. The normalized spacial score (nSPS) is 21.8. The fraction of sp³-hybridized carbons (Fsp3) is 0.429. The third-order valence-corrected chi connectivity index (χ3v) is 5.56. The highest BCUT2D eigenvalue weighted by Crippen LogP contribution is 2.35. The summed E-state index contributed by atoms with van der Waals surface area (Å²) in [5.74, 6) is -1.51. The molecular weight excluding hydrogens is 374 g/mol. The van der Waals surface area contributed by atoms with Crippen LogP contribution in [0, 0.1) is 19.3 Å². The zero-order chi connectivity index (χ0) is 21.2. The van der Waals surface area contributed by atoms with Gasteiger partial charge in [-0.1, -0.05) is 30.3 Å². The van der Waals surface area contributed by atoms with Crippen LogP contribution in [0.3, 0.4) is 0 Å². The van der Waals surface area contributed by atoms with E-state index >= 15 is 0 Å². The number of rotatable bonds is 5. The number of aryl methyl sites for hydroxylation is 2. The van der Waals surface area contributed by atoms with E-state index in [4.69, 9.17) is 0 Å². The number of carboxylic acids is 1. The van der Waals surface area contributed by atoms with Crippen molar-refractivity contribution in [1.29, 1.82) is 0 Å². The number of aromatic nitrogens is 2. The van der Waals surface area contributed by atoms with Gasteiger partial charge in [-0.05, 0) is 38.3 Å². The molecule has 2 aromatic rings. The van der Waals surface area contributed by atoms with Crippen LogP contribution in [0.5, 0.6) is 0 Å². The predicted octanol–water partition coefficient (Wildman–Crippen LogP) is 0.767. The summed E-state index contributed by atoms with van der Waals surface area (Å²) in [6.45, 7) is 3.33. The number of hydrogen-bond acceptors (Lipinski definition) is 5. The topological polar surface area (TPSA) is 113 Å². The largest absolute Gasteiger partial charge is 0.481 e. The van der Waals surface area contributed by atoms with E-state index in [9.17, 15) is 24.6 Å². The van der Waals surface area contributed by atoms with E-state index in [-0.39, 0.29) is 38.4 Å². The molecule has 0 bridgehead atoms. The van der Waals surface area contributed by atoms with Gasteiger partial charge < -0.3 is 15.1 Å². The molecule has 1 aliphatic rings. The number of aliphatic hydroxyl groups excluding tert-OH is 1. The monoisotopic (exact) mass is 399 g/mol. The molecule has 29 heavy (non-hydrogen) atoms. The molecule has 1 saturated heterocycles. The highest BCUT2D eigenvalue weighted by molar-refractivity contribution is 5.80. The van der Waals surface area contributed by atoms with Gasteiger partial charge in [-0.2, -0.15) is 4.98 Å². The molecule has 0 saturated carbocycles. The Bertz CT molecular complexity index is 972. The van der Waals surface area contributed by atoms with Crippen molar-refractivity contribution in [3.8, 4) is 0 Å². The van der Waals surface area contributed by atoms with E-state index in [1.54, 1.807) is 32.0 Å². The van der Waals surface area contributed by atoms with Gasteiger partial charge in [0, 0.05) is 24.5 Å². The van der Waals surface area contributed by atoms with E-state index in [1.807, 2.05) is 18.2 Å². The molecule has 0 spiro atoms. The first kappa shape index (κ1) is 20.7. The minimum Gasteiger partial charge on any atom is -0.481 e. The molecule has 1 fully saturated rings. The van der Waals surface area contributed by atoms with Crippen LogP contribution in [-0.2, 0) is 22.6 Å². The van der Waals surface area contributed by atoms with Gasteiger partial charge in [0.05, 0.1) is 6.10 Å². The number of benzene rings is 1. The molecule has 1 aromatic carbocycles. The molecule has 8 nitrogen and oxygen atoms in total. The molecule has 1 amide bonds. The molecule has 2 atom stereocenters. The number of nitrogens with zero attached hydrogens (tertiary/aromatic N) is 3. The van der Waals surface area contributed by atoms with Crippen molar-refractivity contribution < 1.29 is 19.8 Å². The summed E-state index contributed by atoms with van der Waals surface area (Å²) in [5.41, 5.74) is -0.0488. The van der Waals surface area contributed by atoms with Crippen molar-refractivity contribution in [2.75, 3.05) is 13.1 Å². The Morgan fingerprint density at radius 1 is 1.24 bits per heavy atom. The van der Waals surface area contributed by atoms with Gasteiger partial charge in [0.1, 0.15) is 12.0 Å². The van der Waals surface area contributed by atoms with Crippen LogP contribution in [0.25, 0.3) is 0 Å². The van der Waals surface area contributed by atoms with E-state index in [1.165, 1.54) is 9.47 Å². The Kier molecular flexibility index (Phi) is 5.83. The van der Waals surface area contributed by atoms with Crippen molar-refractivity contribution in [2.45, 2.75) is 39.3 Å². The van der Waals surface area contributed by atoms with Gasteiger partial charge in [-0.25, -0.2) is 4.79 Å². The summed E-state index contributed by atoms with van der Waals surface area (Å²) in [6, 6.07) is 10.8. The SMILES string of the molecule is Cc1cc(C)n(CC(=O)N2CC[C@@H](O)[C@](Cc3ccccc3)(C(=O)O)C2)c(=O)n1. The number of aliphatic carboxylic acids is 1. The number of carboxylic acid groups (broad SMARTS) is 1. The van der Waals surface area contributed by atoms with Gasteiger partial charge in [0.15, 0.2) is 0 Å². The molecule has 0 aliphatic carbocycles.